The van der Waals surface area contributed by atoms with Gasteiger partial charge in [-0.2, -0.15) is 0 Å². The number of nitrogens with one attached hydrogen (secondary N) is 2. The molecule has 2 amide bonds. The molecule has 2 rings (SSSR count). The minimum absolute atomic E-state index is 0. The normalized spacial score (nSPS) is 14.5. The Hall–Kier alpha value is -1.59. The predicted molar refractivity (Wildman–Crippen MR) is 94.7 cm³/mol. The molecule has 1 aromatic carbocycles. The Kier molecular flexibility index (Phi) is 6.59. The number of fused-ring (bicyclic) bond motifs is 1. The number of hydrogen-bond donors (Lipinski definition) is 3. The van der Waals surface area contributed by atoms with E-state index in [1.807, 2.05) is 39.0 Å². The first-order valence-corrected chi connectivity index (χ1v) is 7.89. The Morgan fingerprint density at radius 3 is 2.61 bits per heavy atom. The van der Waals surface area contributed by atoms with Crippen LogP contribution in [-0.4, -0.2) is 18.4 Å². The van der Waals surface area contributed by atoms with Gasteiger partial charge in [0, 0.05) is 12.2 Å². The fourth-order valence-corrected chi connectivity index (χ4v) is 2.90. The van der Waals surface area contributed by atoms with Crippen molar-refractivity contribution in [1.82, 2.24) is 5.32 Å². The molecule has 23 heavy (non-hydrogen) atoms. The third kappa shape index (κ3) is 3.85. The number of halogens is 1. The lowest BCUT2D eigenvalue weighted by Gasteiger charge is -2.30. The van der Waals surface area contributed by atoms with Gasteiger partial charge in [0.15, 0.2) is 0 Å². The van der Waals surface area contributed by atoms with E-state index >= 15 is 0 Å². The van der Waals surface area contributed by atoms with Crippen molar-refractivity contribution in [1.29, 1.82) is 0 Å². The van der Waals surface area contributed by atoms with Crippen LogP contribution in [0.15, 0.2) is 18.2 Å². The van der Waals surface area contributed by atoms with Crippen molar-refractivity contribution in [3.8, 4) is 0 Å². The van der Waals surface area contributed by atoms with Crippen LogP contribution < -0.4 is 16.4 Å². The van der Waals surface area contributed by atoms with Crippen LogP contribution in [0.1, 0.15) is 50.8 Å². The van der Waals surface area contributed by atoms with Gasteiger partial charge in [-0.1, -0.05) is 26.0 Å². The van der Waals surface area contributed by atoms with Gasteiger partial charge in [0.2, 0.25) is 11.8 Å². The highest BCUT2D eigenvalue weighted by atomic mass is 35.5. The summed E-state index contributed by atoms with van der Waals surface area (Å²) in [5, 5.41) is 5.88. The summed E-state index contributed by atoms with van der Waals surface area (Å²) in [5.41, 5.74) is 8.18. The third-order valence-corrected chi connectivity index (χ3v) is 4.83. The Bertz CT molecular complexity index is 577. The fraction of sp³-hybridized carbons (Fsp3) is 0.529. The van der Waals surface area contributed by atoms with Crippen molar-refractivity contribution in [2.24, 2.45) is 11.1 Å². The topological polar surface area (TPSA) is 84.2 Å². The SMILES string of the molecule is CCC(CC)(CN)C(=O)NC(C)c1ccc2c(c1)CC(=O)N2.Cl. The summed E-state index contributed by atoms with van der Waals surface area (Å²) in [4.78, 5) is 24.0. The first kappa shape index (κ1) is 19.5. The van der Waals surface area contributed by atoms with Crippen molar-refractivity contribution in [2.45, 2.75) is 46.1 Å². The monoisotopic (exact) mass is 339 g/mol. The van der Waals surface area contributed by atoms with Gasteiger partial charge in [0.25, 0.3) is 0 Å². The molecule has 0 bridgehead atoms. The van der Waals surface area contributed by atoms with Gasteiger partial charge >= 0.3 is 0 Å². The molecule has 4 N–H and O–H groups in total. The molecule has 1 aliphatic rings. The summed E-state index contributed by atoms with van der Waals surface area (Å²) >= 11 is 0. The highest BCUT2D eigenvalue weighted by Gasteiger charge is 2.34. The summed E-state index contributed by atoms with van der Waals surface area (Å²) in [6, 6.07) is 5.71. The molecule has 0 aromatic heterocycles. The van der Waals surface area contributed by atoms with E-state index in [9.17, 15) is 9.59 Å². The lowest BCUT2D eigenvalue weighted by Crippen LogP contribution is -2.46. The van der Waals surface area contributed by atoms with Crippen LogP contribution in [0.5, 0.6) is 0 Å². The smallest absolute Gasteiger partial charge is 0.228 e. The van der Waals surface area contributed by atoms with Crippen LogP contribution in [0.25, 0.3) is 0 Å². The van der Waals surface area contributed by atoms with Gasteiger partial charge in [-0.3, -0.25) is 9.59 Å². The van der Waals surface area contributed by atoms with E-state index in [-0.39, 0.29) is 30.3 Å². The maximum absolute atomic E-state index is 12.6. The van der Waals surface area contributed by atoms with E-state index in [2.05, 4.69) is 10.6 Å². The number of carbonyl (C=O) groups excluding carboxylic acids is 2. The second-order valence-electron chi connectivity index (χ2n) is 6.03. The van der Waals surface area contributed by atoms with Gasteiger partial charge < -0.3 is 16.4 Å². The van der Waals surface area contributed by atoms with Crippen LogP contribution in [0.2, 0.25) is 0 Å². The zero-order chi connectivity index (χ0) is 16.3. The third-order valence-electron chi connectivity index (χ3n) is 4.83. The second-order valence-corrected chi connectivity index (χ2v) is 6.03. The lowest BCUT2D eigenvalue weighted by atomic mass is 9.81. The Morgan fingerprint density at radius 2 is 2.04 bits per heavy atom. The largest absolute Gasteiger partial charge is 0.349 e. The van der Waals surface area contributed by atoms with Crippen molar-refractivity contribution < 1.29 is 9.59 Å². The molecular formula is C17H26ClN3O2. The molecule has 0 radical (unpaired) electrons. The molecule has 5 nitrogen and oxygen atoms in total. The van der Waals surface area contributed by atoms with Gasteiger partial charge in [-0.05, 0) is 37.0 Å². The number of benzene rings is 1. The molecule has 1 aromatic rings. The van der Waals surface area contributed by atoms with E-state index in [1.54, 1.807) is 0 Å². The van der Waals surface area contributed by atoms with Crippen LogP contribution in [0.4, 0.5) is 5.69 Å². The summed E-state index contributed by atoms with van der Waals surface area (Å²) in [6.07, 6.45) is 1.85. The Labute approximate surface area is 143 Å². The van der Waals surface area contributed by atoms with Crippen LogP contribution >= 0.6 is 12.4 Å². The van der Waals surface area contributed by atoms with Crippen molar-refractivity contribution >= 4 is 29.9 Å². The molecule has 1 unspecified atom stereocenters. The molecule has 0 spiro atoms. The maximum Gasteiger partial charge on any atom is 0.228 e. The molecule has 128 valence electrons. The highest BCUT2D eigenvalue weighted by molar-refractivity contribution is 5.99. The van der Waals surface area contributed by atoms with E-state index in [0.717, 1.165) is 29.7 Å². The average Bonchev–Trinajstić information content (AvgIpc) is 2.88. The quantitative estimate of drug-likeness (QED) is 0.744. The van der Waals surface area contributed by atoms with Crippen molar-refractivity contribution in [3.05, 3.63) is 29.3 Å². The van der Waals surface area contributed by atoms with E-state index in [4.69, 9.17) is 5.73 Å². The predicted octanol–water partition coefficient (Wildman–Crippen LogP) is 2.55. The second kappa shape index (κ2) is 7.79. The van der Waals surface area contributed by atoms with E-state index < -0.39 is 5.41 Å². The van der Waals surface area contributed by atoms with Gasteiger partial charge in [-0.15, -0.1) is 12.4 Å². The average molecular weight is 340 g/mol. The summed E-state index contributed by atoms with van der Waals surface area (Å²) in [6.45, 7) is 6.29. The lowest BCUT2D eigenvalue weighted by molar-refractivity contribution is -0.131. The standard InChI is InChI=1S/C17H25N3O2.ClH/c1-4-17(5-2,10-18)16(22)19-11(3)12-6-7-14-13(8-12)9-15(21)20-14;/h6-8,11H,4-5,9-10,18H2,1-3H3,(H,19,22)(H,20,21);1H. The zero-order valence-corrected chi connectivity index (χ0v) is 14.8. The molecule has 0 fully saturated rings. The van der Waals surface area contributed by atoms with Crippen LogP contribution in [-0.2, 0) is 16.0 Å². The minimum atomic E-state index is -0.498. The first-order chi connectivity index (χ1) is 10.5. The Balaban J connectivity index is 0.00000264. The van der Waals surface area contributed by atoms with Crippen LogP contribution in [0.3, 0.4) is 0 Å². The fourth-order valence-electron chi connectivity index (χ4n) is 2.90. The molecule has 1 atom stereocenters. The number of rotatable bonds is 6. The Morgan fingerprint density at radius 1 is 1.39 bits per heavy atom. The molecule has 1 aliphatic heterocycles. The molecule has 0 saturated heterocycles. The van der Waals surface area contributed by atoms with Gasteiger partial charge in [-0.25, -0.2) is 0 Å². The van der Waals surface area contributed by atoms with Crippen molar-refractivity contribution in [3.63, 3.8) is 0 Å². The van der Waals surface area contributed by atoms with Gasteiger partial charge in [0.05, 0.1) is 17.9 Å². The number of hydrogen-bond acceptors (Lipinski definition) is 3. The number of carbonyl (C=O) groups is 2. The first-order valence-electron chi connectivity index (χ1n) is 7.89. The summed E-state index contributed by atoms with van der Waals surface area (Å²) in [5.74, 6) is 0.0187. The maximum atomic E-state index is 12.6. The molecule has 6 heteroatoms. The molecular weight excluding hydrogens is 314 g/mol. The van der Waals surface area contributed by atoms with Crippen LogP contribution in [0, 0.1) is 5.41 Å². The zero-order valence-electron chi connectivity index (χ0n) is 13.9. The molecule has 1 heterocycles. The summed E-state index contributed by atoms with van der Waals surface area (Å²) in [7, 11) is 0. The number of anilines is 1. The van der Waals surface area contributed by atoms with E-state index in [1.165, 1.54) is 0 Å². The highest BCUT2D eigenvalue weighted by Crippen LogP contribution is 2.29. The summed E-state index contributed by atoms with van der Waals surface area (Å²) < 4.78 is 0. The number of amides is 2. The number of nitrogens with two attached hydrogens (primary N) is 1. The van der Waals surface area contributed by atoms with E-state index in [0.29, 0.717) is 13.0 Å². The minimum Gasteiger partial charge on any atom is -0.349 e. The van der Waals surface area contributed by atoms with Gasteiger partial charge in [0.1, 0.15) is 0 Å². The van der Waals surface area contributed by atoms with Crippen molar-refractivity contribution in [2.75, 3.05) is 11.9 Å². The molecule has 0 saturated carbocycles. The molecule has 0 aliphatic carbocycles.